The van der Waals surface area contributed by atoms with Gasteiger partial charge in [0.15, 0.2) is 6.10 Å². The summed E-state index contributed by atoms with van der Waals surface area (Å²) in [5.74, 6) is 0.0596. The number of rotatable bonds is 3. The van der Waals surface area contributed by atoms with Crippen molar-refractivity contribution in [2.24, 2.45) is 7.05 Å². The van der Waals surface area contributed by atoms with Crippen molar-refractivity contribution >= 4 is 11.0 Å². The summed E-state index contributed by atoms with van der Waals surface area (Å²) in [5, 5.41) is 15.3. The highest BCUT2D eigenvalue weighted by atomic mass is 19.1. The normalized spacial score (nSPS) is 13.0. The minimum atomic E-state index is -0.914. The number of furan rings is 1. The first kappa shape index (κ1) is 12.9. The Labute approximate surface area is 115 Å². The quantitative estimate of drug-likeness (QED) is 0.799. The van der Waals surface area contributed by atoms with Crippen molar-refractivity contribution in [3.63, 3.8) is 0 Å². The van der Waals surface area contributed by atoms with Crippen LogP contribution in [0, 0.1) is 5.82 Å². The fourth-order valence-corrected chi connectivity index (χ4v) is 2.29. The lowest BCUT2D eigenvalue weighted by molar-refractivity contribution is 0.183. The van der Waals surface area contributed by atoms with Crippen molar-refractivity contribution in [1.29, 1.82) is 0 Å². The molecule has 0 aliphatic heterocycles. The fraction of sp³-hybridized carbons (Fsp3) is 0.267. The average Bonchev–Trinajstić information content (AvgIpc) is 3.00. The van der Waals surface area contributed by atoms with Crippen molar-refractivity contribution in [2.45, 2.75) is 19.4 Å². The second-order valence-electron chi connectivity index (χ2n) is 4.77. The van der Waals surface area contributed by atoms with Crippen LogP contribution in [-0.2, 0) is 13.5 Å². The minimum Gasteiger partial charge on any atom is -0.458 e. The maximum Gasteiger partial charge on any atom is 0.153 e. The van der Waals surface area contributed by atoms with E-state index < -0.39 is 6.10 Å². The van der Waals surface area contributed by atoms with Gasteiger partial charge in [0.2, 0.25) is 0 Å². The summed E-state index contributed by atoms with van der Waals surface area (Å²) in [4.78, 5) is 0. The van der Waals surface area contributed by atoms with Crippen LogP contribution in [0.3, 0.4) is 0 Å². The number of aliphatic hydroxyl groups excluding tert-OH is 1. The highest BCUT2D eigenvalue weighted by Gasteiger charge is 2.20. The van der Waals surface area contributed by atoms with E-state index in [4.69, 9.17) is 4.42 Å². The topological polar surface area (TPSA) is 51.2 Å². The molecule has 104 valence electrons. The van der Waals surface area contributed by atoms with Crippen LogP contribution in [0.1, 0.15) is 30.2 Å². The van der Waals surface area contributed by atoms with E-state index in [9.17, 15) is 9.50 Å². The van der Waals surface area contributed by atoms with Crippen LogP contribution in [0.2, 0.25) is 0 Å². The first-order valence-corrected chi connectivity index (χ1v) is 6.48. The third kappa shape index (κ3) is 2.10. The Balaban J connectivity index is 2.02. The van der Waals surface area contributed by atoms with Crippen molar-refractivity contribution < 1.29 is 13.9 Å². The summed E-state index contributed by atoms with van der Waals surface area (Å²) in [6.45, 7) is 2.00. The Hall–Kier alpha value is -2.14. The molecular weight excluding hydrogens is 259 g/mol. The summed E-state index contributed by atoms with van der Waals surface area (Å²) in [5.41, 5.74) is 2.11. The number of fused-ring (bicyclic) bond motifs is 1. The number of aliphatic hydroxyl groups is 1. The molecule has 1 N–H and O–H groups in total. The van der Waals surface area contributed by atoms with Gasteiger partial charge in [-0.25, -0.2) is 4.39 Å². The first-order chi connectivity index (χ1) is 9.58. The van der Waals surface area contributed by atoms with Gasteiger partial charge in [-0.05, 0) is 36.8 Å². The minimum absolute atomic E-state index is 0.326. The molecule has 2 heterocycles. The van der Waals surface area contributed by atoms with Crippen molar-refractivity contribution in [2.75, 3.05) is 0 Å². The third-order valence-electron chi connectivity index (χ3n) is 3.38. The van der Waals surface area contributed by atoms with Crippen molar-refractivity contribution in [3.05, 3.63) is 53.3 Å². The molecule has 1 atom stereocenters. The number of aromatic nitrogens is 2. The lowest BCUT2D eigenvalue weighted by atomic mass is 10.1. The molecule has 0 aliphatic rings. The Morgan fingerprint density at radius 2 is 2.15 bits per heavy atom. The number of benzene rings is 1. The Bertz CT molecular complexity index is 760. The Kier molecular flexibility index (Phi) is 3.06. The summed E-state index contributed by atoms with van der Waals surface area (Å²) in [7, 11) is 1.78. The van der Waals surface area contributed by atoms with Gasteiger partial charge in [0.05, 0.1) is 11.4 Å². The van der Waals surface area contributed by atoms with Gasteiger partial charge in [-0.1, -0.05) is 6.92 Å². The molecule has 1 aromatic carbocycles. The molecule has 0 saturated heterocycles. The summed E-state index contributed by atoms with van der Waals surface area (Å²) in [6.07, 6.45) is -0.116. The average molecular weight is 274 g/mol. The van der Waals surface area contributed by atoms with Gasteiger partial charge in [-0.2, -0.15) is 5.10 Å². The summed E-state index contributed by atoms with van der Waals surface area (Å²) >= 11 is 0. The Morgan fingerprint density at radius 3 is 2.85 bits per heavy atom. The van der Waals surface area contributed by atoms with Crippen LogP contribution in [0.5, 0.6) is 0 Å². The molecule has 3 rings (SSSR count). The maximum atomic E-state index is 13.2. The second-order valence-corrected chi connectivity index (χ2v) is 4.77. The summed E-state index contributed by atoms with van der Waals surface area (Å²) < 4.78 is 20.4. The molecule has 0 bridgehead atoms. The van der Waals surface area contributed by atoms with Gasteiger partial charge in [-0.3, -0.25) is 4.68 Å². The fourth-order valence-electron chi connectivity index (χ4n) is 2.29. The van der Waals surface area contributed by atoms with Crippen LogP contribution < -0.4 is 0 Å². The van der Waals surface area contributed by atoms with Gasteiger partial charge in [-0.15, -0.1) is 0 Å². The molecule has 4 nitrogen and oxygen atoms in total. The van der Waals surface area contributed by atoms with E-state index in [1.807, 2.05) is 13.0 Å². The zero-order valence-electron chi connectivity index (χ0n) is 11.3. The van der Waals surface area contributed by atoms with Crippen LogP contribution in [0.15, 0.2) is 34.7 Å². The van der Waals surface area contributed by atoms with Gasteiger partial charge >= 0.3 is 0 Å². The van der Waals surface area contributed by atoms with Gasteiger partial charge in [0.25, 0.3) is 0 Å². The number of nitrogens with zero attached hydrogens (tertiary/aromatic N) is 2. The van der Waals surface area contributed by atoms with E-state index >= 15 is 0 Å². The van der Waals surface area contributed by atoms with Crippen molar-refractivity contribution in [1.82, 2.24) is 9.78 Å². The number of aryl methyl sites for hydroxylation is 2. The highest BCUT2D eigenvalue weighted by molar-refractivity contribution is 5.78. The van der Waals surface area contributed by atoms with Gasteiger partial charge < -0.3 is 9.52 Å². The van der Waals surface area contributed by atoms with Crippen LogP contribution >= 0.6 is 0 Å². The van der Waals surface area contributed by atoms with E-state index in [2.05, 4.69) is 5.10 Å². The predicted octanol–water partition coefficient (Wildman–Crippen LogP) is 2.95. The van der Waals surface area contributed by atoms with E-state index in [-0.39, 0.29) is 5.82 Å². The van der Waals surface area contributed by atoms with E-state index in [1.165, 1.54) is 12.1 Å². The van der Waals surface area contributed by atoms with E-state index in [0.717, 1.165) is 12.1 Å². The molecule has 0 fully saturated rings. The molecule has 0 aliphatic carbocycles. The molecule has 3 aromatic rings. The molecule has 0 saturated carbocycles. The zero-order valence-corrected chi connectivity index (χ0v) is 11.3. The lowest BCUT2D eigenvalue weighted by Gasteiger charge is -2.07. The number of halogens is 1. The first-order valence-electron chi connectivity index (χ1n) is 6.48. The SMILES string of the molecule is CCc1cc(C(O)c2cc3cc(F)ccc3o2)n(C)n1. The van der Waals surface area contributed by atoms with Crippen LogP contribution in [-0.4, -0.2) is 14.9 Å². The summed E-state index contributed by atoms with van der Waals surface area (Å²) in [6, 6.07) is 7.78. The molecule has 0 spiro atoms. The molecule has 0 radical (unpaired) electrons. The lowest BCUT2D eigenvalue weighted by Crippen LogP contribution is -2.05. The smallest absolute Gasteiger partial charge is 0.153 e. The van der Waals surface area contributed by atoms with Crippen molar-refractivity contribution in [3.8, 4) is 0 Å². The largest absolute Gasteiger partial charge is 0.458 e. The Morgan fingerprint density at radius 1 is 1.35 bits per heavy atom. The molecule has 0 amide bonds. The van der Waals surface area contributed by atoms with E-state index in [0.29, 0.717) is 22.4 Å². The third-order valence-corrected chi connectivity index (χ3v) is 3.38. The number of hydrogen-bond donors (Lipinski definition) is 1. The van der Waals surface area contributed by atoms with Crippen LogP contribution in [0.25, 0.3) is 11.0 Å². The molecule has 1 unspecified atom stereocenters. The molecule has 2 aromatic heterocycles. The van der Waals surface area contributed by atoms with Gasteiger partial charge in [0, 0.05) is 12.4 Å². The van der Waals surface area contributed by atoms with Gasteiger partial charge in [0.1, 0.15) is 17.2 Å². The predicted molar refractivity (Wildman–Crippen MR) is 72.8 cm³/mol. The van der Waals surface area contributed by atoms with Crippen LogP contribution in [0.4, 0.5) is 4.39 Å². The number of hydrogen-bond acceptors (Lipinski definition) is 3. The molecule has 5 heteroatoms. The zero-order chi connectivity index (χ0) is 14.3. The second kappa shape index (κ2) is 4.76. The highest BCUT2D eigenvalue weighted by Crippen LogP contribution is 2.28. The molecule has 20 heavy (non-hydrogen) atoms. The maximum absolute atomic E-state index is 13.2. The monoisotopic (exact) mass is 274 g/mol. The van der Waals surface area contributed by atoms with E-state index in [1.54, 1.807) is 23.9 Å². The standard InChI is InChI=1S/C15H15FN2O2/c1-3-11-8-12(18(2)17-11)15(19)14-7-9-6-10(16)4-5-13(9)20-14/h4-8,15,19H,3H2,1-2H3. The molecular formula is C15H15FN2O2.